The number of carbonyl (C=O) groups excluding carboxylic acids is 9. The van der Waals surface area contributed by atoms with Gasteiger partial charge in [-0.1, -0.05) is 145 Å². The Kier molecular flexibility index (Phi) is 14.0. The van der Waals surface area contributed by atoms with Crippen LogP contribution >= 0.6 is 11.6 Å². The number of urea groups is 3. The van der Waals surface area contributed by atoms with Gasteiger partial charge in [0, 0.05) is 19.1 Å². The van der Waals surface area contributed by atoms with Gasteiger partial charge in [0.05, 0.1) is 13.1 Å². The van der Waals surface area contributed by atoms with Crippen molar-refractivity contribution in [3.63, 3.8) is 0 Å². The molecule has 0 bridgehead atoms. The number of benzene rings is 5. The van der Waals surface area contributed by atoms with E-state index in [9.17, 15) is 43.2 Å². The Morgan fingerprint density at radius 2 is 0.794 bits per heavy atom. The van der Waals surface area contributed by atoms with Crippen LogP contribution in [0.25, 0.3) is 0 Å². The average Bonchev–Trinajstić information content (AvgIpc) is 3.28. The molecule has 12 amide bonds. The van der Waals surface area contributed by atoms with Gasteiger partial charge in [-0.15, -0.1) is 0 Å². The molecule has 2 atom stereocenters. The highest BCUT2D eigenvalue weighted by atomic mass is 35.5. The van der Waals surface area contributed by atoms with Gasteiger partial charge < -0.3 is 0 Å². The van der Waals surface area contributed by atoms with Crippen molar-refractivity contribution in [1.82, 2.24) is 30.2 Å². The zero-order valence-corrected chi connectivity index (χ0v) is 35.0. The Morgan fingerprint density at radius 1 is 0.444 bits per heavy atom. The van der Waals surface area contributed by atoms with Gasteiger partial charge in [-0.25, -0.2) is 14.4 Å². The summed E-state index contributed by atoms with van der Waals surface area (Å²) in [6, 6.07) is 38.7. The lowest BCUT2D eigenvalue weighted by atomic mass is 9.94. The topological polar surface area (TPSA) is 191 Å². The quantitative estimate of drug-likeness (QED) is 0.188. The number of imide groups is 6. The van der Waals surface area contributed by atoms with Crippen LogP contribution in [0, 0.1) is 6.92 Å². The minimum absolute atomic E-state index is 0.114. The first-order valence-electron chi connectivity index (χ1n) is 19.5. The molecule has 0 saturated carbocycles. The summed E-state index contributed by atoms with van der Waals surface area (Å²) < 4.78 is 0. The maximum Gasteiger partial charge on any atom is 0.332 e. The van der Waals surface area contributed by atoms with Crippen molar-refractivity contribution in [2.24, 2.45) is 0 Å². The molecule has 3 fully saturated rings. The molecule has 0 radical (unpaired) electrons. The highest BCUT2D eigenvalue weighted by Crippen LogP contribution is 2.27. The summed E-state index contributed by atoms with van der Waals surface area (Å²) in [6.07, 6.45) is 0. The van der Waals surface area contributed by atoms with E-state index >= 15 is 0 Å². The number of nitrogens with zero attached hydrogens (tertiary/aromatic N) is 4. The molecule has 63 heavy (non-hydrogen) atoms. The molecule has 8 rings (SSSR count). The summed E-state index contributed by atoms with van der Waals surface area (Å²) in [5.74, 6) is -6.14. The molecule has 320 valence electrons. The van der Waals surface area contributed by atoms with Gasteiger partial charge in [-0.05, 0) is 46.9 Å². The van der Waals surface area contributed by atoms with E-state index in [2.05, 4.69) is 10.6 Å². The summed E-state index contributed by atoms with van der Waals surface area (Å²) in [6.45, 7) is 2.18. The van der Waals surface area contributed by atoms with Crippen molar-refractivity contribution in [2.45, 2.75) is 37.8 Å². The van der Waals surface area contributed by atoms with E-state index in [1.807, 2.05) is 79.7 Å². The number of aryl methyl sites for hydroxylation is 1. The van der Waals surface area contributed by atoms with Crippen molar-refractivity contribution in [3.8, 4) is 0 Å². The molecule has 15 nitrogen and oxygen atoms in total. The lowest BCUT2D eigenvalue weighted by Crippen LogP contribution is -2.56. The fraction of sp³-hybridized carbons (Fsp3) is 0.170. The molecule has 3 heterocycles. The Labute approximate surface area is 367 Å². The molecular formula is C47H41ClN6O9. The van der Waals surface area contributed by atoms with E-state index in [4.69, 9.17) is 11.6 Å². The van der Waals surface area contributed by atoms with Gasteiger partial charge in [0.1, 0.15) is 17.8 Å². The number of amides is 12. The molecule has 0 aliphatic carbocycles. The van der Waals surface area contributed by atoms with Gasteiger partial charge in [0.25, 0.3) is 0 Å². The number of likely N-dealkylation sites (N-methyl/N-ethyl adjacent to an activating group) is 2. The fourth-order valence-electron chi connectivity index (χ4n) is 6.90. The Balaban J connectivity index is 0.000000159. The molecule has 3 aliphatic rings. The molecule has 2 N–H and O–H groups in total. The lowest BCUT2D eigenvalue weighted by molar-refractivity contribution is -0.144. The molecule has 0 aromatic heterocycles. The maximum atomic E-state index is 12.7. The number of halogens is 1. The molecule has 3 saturated heterocycles. The summed E-state index contributed by atoms with van der Waals surface area (Å²) >= 11 is 5.83. The lowest BCUT2D eigenvalue weighted by Gasteiger charge is -2.32. The minimum Gasteiger partial charge on any atom is -0.277 e. The summed E-state index contributed by atoms with van der Waals surface area (Å²) in [5.41, 5.74) is 4.36. The number of hydrogen-bond donors (Lipinski definition) is 2. The second-order valence-electron chi connectivity index (χ2n) is 14.7. The molecule has 5 aromatic rings. The molecule has 2 unspecified atom stereocenters. The number of carbonyl (C=O) groups is 9. The van der Waals surface area contributed by atoms with Gasteiger partial charge in [-0.3, -0.25) is 59.0 Å². The number of rotatable bonds is 7. The van der Waals surface area contributed by atoms with E-state index in [0.717, 1.165) is 36.3 Å². The van der Waals surface area contributed by atoms with Crippen LogP contribution < -0.4 is 10.6 Å². The van der Waals surface area contributed by atoms with Crippen molar-refractivity contribution >= 4 is 65.1 Å². The van der Waals surface area contributed by atoms with Crippen LogP contribution in [0.4, 0.5) is 14.4 Å². The van der Waals surface area contributed by atoms with Crippen molar-refractivity contribution < 1.29 is 43.2 Å². The minimum atomic E-state index is -1.05. The van der Waals surface area contributed by atoms with Crippen LogP contribution in [-0.2, 0) is 41.9 Å². The van der Waals surface area contributed by atoms with Crippen LogP contribution in [-0.4, -0.2) is 87.2 Å². The highest BCUT2D eigenvalue weighted by Gasteiger charge is 2.44. The van der Waals surface area contributed by atoms with Gasteiger partial charge in [0.15, 0.2) is 0 Å². The van der Waals surface area contributed by atoms with E-state index in [1.54, 1.807) is 66.7 Å². The highest BCUT2D eigenvalue weighted by molar-refractivity contribution is 6.30. The Hall–Kier alpha value is -7.78. The van der Waals surface area contributed by atoms with Gasteiger partial charge in [-0.2, -0.15) is 0 Å². The summed E-state index contributed by atoms with van der Waals surface area (Å²) in [4.78, 5) is 113. The zero-order chi connectivity index (χ0) is 45.4. The molecule has 5 aromatic carbocycles. The molecule has 16 heteroatoms. The average molecular weight is 869 g/mol. The van der Waals surface area contributed by atoms with Crippen LogP contribution in [0.5, 0.6) is 0 Å². The summed E-state index contributed by atoms with van der Waals surface area (Å²) in [5, 5.41) is 5.02. The van der Waals surface area contributed by atoms with E-state index < -0.39 is 71.3 Å². The Bertz CT molecular complexity index is 2400. The SMILES string of the molecule is CN1C(=O)C(c2ccccc2)C(=O)N(C)C1=O.Cc1ccc(C2C(=O)NC(=O)N(Cc3ccccc3)C2=O)cc1.O=C1NC(=O)N(Cc2ccccc2)C(=O)C1c1ccc(Cl)cc1. The smallest absolute Gasteiger partial charge is 0.277 e. The van der Waals surface area contributed by atoms with Crippen molar-refractivity contribution in [1.29, 1.82) is 0 Å². The zero-order valence-electron chi connectivity index (χ0n) is 34.3. The van der Waals surface area contributed by atoms with E-state index in [1.165, 1.54) is 14.1 Å². The normalized spacial score (nSPS) is 18.0. The van der Waals surface area contributed by atoms with Crippen LogP contribution in [0.3, 0.4) is 0 Å². The molecular weight excluding hydrogens is 828 g/mol. The second kappa shape index (κ2) is 19.7. The van der Waals surface area contributed by atoms with Gasteiger partial charge >= 0.3 is 18.1 Å². The first-order valence-corrected chi connectivity index (χ1v) is 19.9. The number of hydrogen-bond acceptors (Lipinski definition) is 9. The first kappa shape index (κ1) is 44.8. The third-order valence-corrected chi connectivity index (χ3v) is 10.6. The third kappa shape index (κ3) is 10.2. The predicted octanol–water partition coefficient (Wildman–Crippen LogP) is 5.88. The second-order valence-corrected chi connectivity index (χ2v) is 15.1. The van der Waals surface area contributed by atoms with E-state index in [0.29, 0.717) is 21.7 Å². The largest absolute Gasteiger partial charge is 0.332 e. The monoisotopic (exact) mass is 868 g/mol. The molecule has 0 spiro atoms. The van der Waals surface area contributed by atoms with Crippen LogP contribution in [0.15, 0.2) is 140 Å². The fourth-order valence-corrected chi connectivity index (χ4v) is 7.02. The van der Waals surface area contributed by atoms with Crippen LogP contribution in [0.2, 0.25) is 5.02 Å². The number of barbiturate groups is 3. The standard InChI is InChI=1S/C18H16N2O3.C17H13ClN2O3.C12H12N2O3/c1-12-7-9-14(10-8-12)15-16(21)19-18(23)20(17(15)22)11-13-5-3-2-4-6-13;18-13-8-6-12(7-9-13)14-15(21)19-17(23)20(16(14)22)10-11-4-2-1-3-5-11;1-13-10(15)9(8-6-4-3-5-7-8)11(16)14(2)12(13)17/h2-10,15H,11H2,1H3,(H,19,21,23);1-9,14H,10H2,(H,19,21,23);3-7,9H,1-2H3. The maximum absolute atomic E-state index is 12.7. The van der Waals surface area contributed by atoms with Crippen molar-refractivity contribution in [2.75, 3.05) is 14.1 Å². The Morgan fingerprint density at radius 3 is 1.19 bits per heavy atom. The number of nitrogens with one attached hydrogen (secondary N) is 2. The molecule has 3 aliphatic heterocycles. The predicted molar refractivity (Wildman–Crippen MR) is 229 cm³/mol. The first-order chi connectivity index (χ1) is 30.2. The van der Waals surface area contributed by atoms with E-state index in [-0.39, 0.29) is 13.1 Å². The van der Waals surface area contributed by atoms with Gasteiger partial charge in [0.2, 0.25) is 35.4 Å². The van der Waals surface area contributed by atoms with Crippen LogP contribution in [0.1, 0.15) is 51.1 Å². The summed E-state index contributed by atoms with van der Waals surface area (Å²) in [7, 11) is 2.76. The van der Waals surface area contributed by atoms with Crippen molar-refractivity contribution in [3.05, 3.63) is 178 Å². The third-order valence-electron chi connectivity index (χ3n) is 10.3.